The summed E-state index contributed by atoms with van der Waals surface area (Å²) in [6, 6.07) is 0. The number of carbonyl (C=O) groups is 1. The molecule has 1 atom stereocenters. The molecule has 1 aliphatic carbocycles. The van der Waals surface area contributed by atoms with Crippen molar-refractivity contribution >= 4 is 17.6 Å². The Labute approximate surface area is 142 Å². The first-order valence-corrected chi connectivity index (χ1v) is 10.0. The minimum Gasteiger partial charge on any atom is -0.480 e. The van der Waals surface area contributed by atoms with Crippen molar-refractivity contribution in [2.24, 2.45) is 5.92 Å². The number of aliphatic carboxylic acids is 1. The van der Waals surface area contributed by atoms with E-state index in [4.69, 9.17) is 16.7 Å². The molecule has 0 saturated heterocycles. The van der Waals surface area contributed by atoms with Crippen molar-refractivity contribution < 1.29 is 9.90 Å². The lowest BCUT2D eigenvalue weighted by atomic mass is 9.85. The molecule has 0 aliphatic heterocycles. The second kappa shape index (κ2) is 13.2. The number of alkyl halides is 1. The minimum atomic E-state index is -0.880. The van der Waals surface area contributed by atoms with Crippen molar-refractivity contribution in [2.45, 2.75) is 108 Å². The van der Waals surface area contributed by atoms with Gasteiger partial charge in [-0.25, -0.2) is 0 Å². The first-order chi connectivity index (χ1) is 10.7. The highest BCUT2D eigenvalue weighted by Crippen LogP contribution is 2.28. The molecule has 1 fully saturated rings. The smallest absolute Gasteiger partial charge is 0.321 e. The van der Waals surface area contributed by atoms with E-state index in [0.717, 1.165) is 18.8 Å². The Morgan fingerprint density at radius 1 is 0.864 bits per heavy atom. The molecule has 0 amide bonds. The minimum absolute atomic E-state index is 0.609. The van der Waals surface area contributed by atoms with E-state index in [9.17, 15) is 4.79 Å². The summed E-state index contributed by atoms with van der Waals surface area (Å²) in [5.41, 5.74) is 0. The summed E-state index contributed by atoms with van der Waals surface area (Å²) in [7, 11) is 0. The predicted molar refractivity (Wildman–Crippen MR) is 94.6 cm³/mol. The third-order valence-electron chi connectivity index (χ3n) is 5.06. The number of carboxylic acid groups (broad SMARTS) is 1. The molecule has 3 heteroatoms. The average molecular weight is 331 g/mol. The number of hydrogen-bond acceptors (Lipinski definition) is 1. The topological polar surface area (TPSA) is 37.3 Å². The molecular formula is C19H35ClO2. The normalized spacial score (nSPS) is 17.5. The molecule has 1 N–H and O–H groups in total. The Hall–Kier alpha value is -0.240. The molecule has 1 aliphatic rings. The molecular weight excluding hydrogens is 296 g/mol. The maximum absolute atomic E-state index is 10.6. The second-order valence-electron chi connectivity index (χ2n) is 7.07. The molecule has 1 saturated carbocycles. The summed E-state index contributed by atoms with van der Waals surface area (Å²) in [5.74, 6) is 0.167. The summed E-state index contributed by atoms with van der Waals surface area (Å²) in [4.78, 5) is 10.6. The summed E-state index contributed by atoms with van der Waals surface area (Å²) in [6.45, 7) is 0. The molecule has 22 heavy (non-hydrogen) atoms. The van der Waals surface area contributed by atoms with Crippen LogP contribution in [0.25, 0.3) is 0 Å². The zero-order valence-corrected chi connectivity index (χ0v) is 15.0. The highest BCUT2D eigenvalue weighted by Gasteiger charge is 2.13. The van der Waals surface area contributed by atoms with Crippen molar-refractivity contribution in [1.29, 1.82) is 0 Å². The van der Waals surface area contributed by atoms with Crippen molar-refractivity contribution in [3.05, 3.63) is 0 Å². The van der Waals surface area contributed by atoms with E-state index in [1.54, 1.807) is 0 Å². The van der Waals surface area contributed by atoms with Gasteiger partial charge in [0.15, 0.2) is 0 Å². The largest absolute Gasteiger partial charge is 0.480 e. The van der Waals surface area contributed by atoms with E-state index in [1.807, 2.05) is 0 Å². The van der Waals surface area contributed by atoms with E-state index < -0.39 is 11.3 Å². The fraction of sp³-hybridized carbons (Fsp3) is 0.947. The van der Waals surface area contributed by atoms with E-state index in [1.165, 1.54) is 83.5 Å². The van der Waals surface area contributed by atoms with E-state index in [0.29, 0.717) is 6.42 Å². The Kier molecular flexibility index (Phi) is 11.9. The number of carboxylic acids is 1. The van der Waals surface area contributed by atoms with Crippen LogP contribution in [0, 0.1) is 5.92 Å². The number of rotatable bonds is 13. The summed E-state index contributed by atoms with van der Waals surface area (Å²) >= 11 is 5.68. The van der Waals surface area contributed by atoms with Gasteiger partial charge in [-0.3, -0.25) is 4.79 Å². The lowest BCUT2D eigenvalue weighted by molar-refractivity contribution is -0.136. The molecule has 0 radical (unpaired) electrons. The Morgan fingerprint density at radius 2 is 1.36 bits per heavy atom. The van der Waals surface area contributed by atoms with Crippen LogP contribution in [-0.4, -0.2) is 16.5 Å². The van der Waals surface area contributed by atoms with Crippen LogP contribution in [0.2, 0.25) is 0 Å². The lowest BCUT2D eigenvalue weighted by Crippen LogP contribution is -2.12. The number of unbranched alkanes of at least 4 members (excludes halogenated alkanes) is 8. The van der Waals surface area contributed by atoms with Crippen LogP contribution in [0.3, 0.4) is 0 Å². The van der Waals surface area contributed by atoms with Crippen LogP contribution in [0.5, 0.6) is 0 Å². The molecule has 1 rings (SSSR count). The van der Waals surface area contributed by atoms with Crippen LogP contribution in [0.15, 0.2) is 0 Å². The molecule has 0 bridgehead atoms. The lowest BCUT2D eigenvalue weighted by Gasteiger charge is -2.21. The standard InChI is InChI=1S/C19H35ClO2/c20-18(19(21)22)16-12-7-5-3-1-2-4-6-9-13-17-14-10-8-11-15-17/h17-18H,1-16H2,(H,21,22). The maximum atomic E-state index is 10.6. The summed E-state index contributed by atoms with van der Waals surface area (Å²) in [6.07, 6.45) is 21.0. The van der Waals surface area contributed by atoms with Gasteiger partial charge in [0.1, 0.15) is 5.38 Å². The number of hydrogen-bond donors (Lipinski definition) is 1. The molecule has 0 aromatic heterocycles. The van der Waals surface area contributed by atoms with Crippen LogP contribution in [0.1, 0.15) is 103 Å². The van der Waals surface area contributed by atoms with E-state index in [2.05, 4.69) is 0 Å². The van der Waals surface area contributed by atoms with Gasteiger partial charge in [0.2, 0.25) is 0 Å². The Morgan fingerprint density at radius 3 is 1.91 bits per heavy atom. The van der Waals surface area contributed by atoms with Crippen LogP contribution in [0.4, 0.5) is 0 Å². The van der Waals surface area contributed by atoms with Crippen molar-refractivity contribution in [3.8, 4) is 0 Å². The quantitative estimate of drug-likeness (QED) is 0.307. The van der Waals surface area contributed by atoms with Crippen molar-refractivity contribution in [2.75, 3.05) is 0 Å². The van der Waals surface area contributed by atoms with E-state index >= 15 is 0 Å². The molecule has 0 spiro atoms. The Balaban J connectivity index is 1.75. The third kappa shape index (κ3) is 10.5. The Bertz CT molecular complexity index is 275. The SMILES string of the molecule is O=C(O)C(Cl)CCCCCCCCCCCC1CCCCC1. The van der Waals surface area contributed by atoms with E-state index in [-0.39, 0.29) is 0 Å². The van der Waals surface area contributed by atoms with Crippen LogP contribution in [-0.2, 0) is 4.79 Å². The van der Waals surface area contributed by atoms with Gasteiger partial charge in [0, 0.05) is 0 Å². The van der Waals surface area contributed by atoms with Crippen LogP contribution < -0.4 is 0 Å². The summed E-state index contributed by atoms with van der Waals surface area (Å²) < 4.78 is 0. The van der Waals surface area contributed by atoms with Gasteiger partial charge < -0.3 is 5.11 Å². The fourth-order valence-corrected chi connectivity index (χ4v) is 3.75. The zero-order chi connectivity index (χ0) is 16.0. The maximum Gasteiger partial charge on any atom is 0.321 e. The molecule has 2 nitrogen and oxygen atoms in total. The average Bonchev–Trinajstić information content (AvgIpc) is 2.53. The third-order valence-corrected chi connectivity index (χ3v) is 5.47. The van der Waals surface area contributed by atoms with Gasteiger partial charge in [0.05, 0.1) is 0 Å². The number of halogens is 1. The fourth-order valence-electron chi connectivity index (χ4n) is 3.59. The van der Waals surface area contributed by atoms with Gasteiger partial charge in [0.25, 0.3) is 0 Å². The van der Waals surface area contributed by atoms with Gasteiger partial charge in [-0.15, -0.1) is 11.6 Å². The van der Waals surface area contributed by atoms with Crippen LogP contribution >= 0.6 is 11.6 Å². The van der Waals surface area contributed by atoms with Gasteiger partial charge in [-0.05, 0) is 12.3 Å². The van der Waals surface area contributed by atoms with Gasteiger partial charge >= 0.3 is 5.97 Å². The molecule has 0 aromatic carbocycles. The molecule has 130 valence electrons. The highest BCUT2D eigenvalue weighted by molar-refractivity contribution is 6.29. The molecule has 1 unspecified atom stereocenters. The predicted octanol–water partition coefficient (Wildman–Crippen LogP) is 6.55. The van der Waals surface area contributed by atoms with Gasteiger partial charge in [-0.2, -0.15) is 0 Å². The first kappa shape index (κ1) is 19.8. The zero-order valence-electron chi connectivity index (χ0n) is 14.2. The monoisotopic (exact) mass is 330 g/mol. The van der Waals surface area contributed by atoms with Gasteiger partial charge in [-0.1, -0.05) is 96.3 Å². The molecule has 0 heterocycles. The molecule has 0 aromatic rings. The second-order valence-corrected chi connectivity index (χ2v) is 7.60. The summed E-state index contributed by atoms with van der Waals surface area (Å²) in [5, 5.41) is 7.99. The highest BCUT2D eigenvalue weighted by atomic mass is 35.5. The van der Waals surface area contributed by atoms with Crippen molar-refractivity contribution in [3.63, 3.8) is 0 Å². The van der Waals surface area contributed by atoms with Crippen molar-refractivity contribution in [1.82, 2.24) is 0 Å². The first-order valence-electron chi connectivity index (χ1n) is 9.57.